The molecule has 0 saturated carbocycles. The summed E-state index contributed by atoms with van der Waals surface area (Å²) >= 11 is 0. The van der Waals surface area contributed by atoms with Crippen molar-refractivity contribution in [3.8, 4) is 0 Å². The molecule has 29 heavy (non-hydrogen) atoms. The number of halogens is 3. The molecular weight excluding hydrogens is 407 g/mol. The van der Waals surface area contributed by atoms with Gasteiger partial charge in [0, 0.05) is 20.7 Å². The highest BCUT2D eigenvalue weighted by molar-refractivity contribution is 7.92. The number of nitrogens with zero attached hydrogens (tertiary/aromatic N) is 3. The summed E-state index contributed by atoms with van der Waals surface area (Å²) in [7, 11) is -0.530. The van der Waals surface area contributed by atoms with Crippen LogP contribution in [0.4, 0.5) is 19.0 Å². The molecule has 3 atom stereocenters. The molecule has 3 unspecified atom stereocenters. The maximum absolute atomic E-state index is 13.3. The summed E-state index contributed by atoms with van der Waals surface area (Å²) in [5.41, 5.74) is -0.669. The molecule has 1 fully saturated rings. The Balaban J connectivity index is 2.02. The van der Waals surface area contributed by atoms with Crippen molar-refractivity contribution in [3.05, 3.63) is 47.9 Å². The van der Waals surface area contributed by atoms with E-state index in [9.17, 15) is 21.6 Å². The van der Waals surface area contributed by atoms with Crippen LogP contribution < -0.4 is 4.90 Å². The zero-order chi connectivity index (χ0) is 21.4. The minimum Gasteiger partial charge on any atom is -0.370 e. The highest BCUT2D eigenvalue weighted by Gasteiger charge is 2.44. The largest absolute Gasteiger partial charge is 0.416 e. The fourth-order valence-electron chi connectivity index (χ4n) is 3.38. The van der Waals surface area contributed by atoms with Crippen molar-refractivity contribution < 1.29 is 26.3 Å². The van der Waals surface area contributed by atoms with Gasteiger partial charge >= 0.3 is 6.18 Å². The first kappa shape index (κ1) is 21.5. The van der Waals surface area contributed by atoms with Gasteiger partial charge in [-0.15, -0.1) is 0 Å². The number of rotatable bonds is 4. The lowest BCUT2D eigenvalue weighted by molar-refractivity contribution is -0.137. The predicted molar refractivity (Wildman–Crippen MR) is 101 cm³/mol. The number of sulfone groups is 1. The SMILES string of the molecule is CC1CCOC(c2cnc(N(C)C)cn2)C1S(=O)(=O)c1cccc(C(F)(F)F)c1. The molecule has 1 aromatic heterocycles. The summed E-state index contributed by atoms with van der Waals surface area (Å²) in [6.45, 7) is 2.09. The zero-order valence-electron chi connectivity index (χ0n) is 16.2. The molecule has 1 aromatic carbocycles. The normalized spacial score (nSPS) is 23.0. The van der Waals surface area contributed by atoms with Crippen molar-refractivity contribution in [2.45, 2.75) is 35.8 Å². The Hall–Kier alpha value is -2.20. The van der Waals surface area contributed by atoms with Crippen molar-refractivity contribution in [2.75, 3.05) is 25.6 Å². The molecule has 6 nitrogen and oxygen atoms in total. The maximum atomic E-state index is 13.3. The van der Waals surface area contributed by atoms with E-state index in [2.05, 4.69) is 9.97 Å². The van der Waals surface area contributed by atoms with E-state index >= 15 is 0 Å². The third-order valence-corrected chi connectivity index (χ3v) is 7.33. The highest BCUT2D eigenvalue weighted by Crippen LogP contribution is 2.39. The van der Waals surface area contributed by atoms with E-state index in [1.54, 1.807) is 25.9 Å². The van der Waals surface area contributed by atoms with E-state index in [1.165, 1.54) is 18.5 Å². The second kappa shape index (κ2) is 7.91. The van der Waals surface area contributed by atoms with Crippen LogP contribution in [0, 0.1) is 5.92 Å². The van der Waals surface area contributed by atoms with E-state index in [0.29, 0.717) is 30.6 Å². The molecule has 2 aromatic rings. The molecule has 158 valence electrons. The third-order valence-electron chi connectivity index (χ3n) is 4.99. The second-order valence-corrected chi connectivity index (χ2v) is 9.39. The number of benzene rings is 1. The van der Waals surface area contributed by atoms with Crippen LogP contribution in [0.25, 0.3) is 0 Å². The van der Waals surface area contributed by atoms with Crippen LogP contribution in [-0.2, 0) is 20.8 Å². The topological polar surface area (TPSA) is 72.4 Å². The first-order valence-corrected chi connectivity index (χ1v) is 10.6. The molecule has 1 aliphatic heterocycles. The number of aromatic nitrogens is 2. The fourth-order valence-corrected chi connectivity index (χ4v) is 5.54. The highest BCUT2D eigenvalue weighted by atomic mass is 32.2. The molecule has 0 bridgehead atoms. The molecule has 0 spiro atoms. The van der Waals surface area contributed by atoms with Gasteiger partial charge in [0.15, 0.2) is 9.84 Å². The first-order valence-electron chi connectivity index (χ1n) is 9.04. The molecule has 0 amide bonds. The smallest absolute Gasteiger partial charge is 0.370 e. The van der Waals surface area contributed by atoms with Crippen LogP contribution in [0.2, 0.25) is 0 Å². The van der Waals surface area contributed by atoms with E-state index in [0.717, 1.165) is 12.1 Å². The Morgan fingerprint density at radius 1 is 1.17 bits per heavy atom. The summed E-state index contributed by atoms with van der Waals surface area (Å²) in [5, 5.41) is -1.07. The molecule has 1 aliphatic rings. The summed E-state index contributed by atoms with van der Waals surface area (Å²) in [6.07, 6.45) is -2.11. The minimum absolute atomic E-state index is 0.330. The molecular formula is C19H22F3N3O3S. The van der Waals surface area contributed by atoms with E-state index in [1.807, 2.05) is 0 Å². The molecule has 10 heteroatoms. The minimum atomic E-state index is -4.63. The van der Waals surface area contributed by atoms with Crippen LogP contribution in [0.15, 0.2) is 41.6 Å². The number of hydrogen-bond donors (Lipinski definition) is 0. The van der Waals surface area contributed by atoms with Gasteiger partial charge in [-0.2, -0.15) is 13.2 Å². The van der Waals surface area contributed by atoms with E-state index < -0.39 is 32.9 Å². The van der Waals surface area contributed by atoms with Crippen LogP contribution in [0.5, 0.6) is 0 Å². The Morgan fingerprint density at radius 2 is 1.90 bits per heavy atom. The Bertz CT molecular complexity index is 963. The van der Waals surface area contributed by atoms with Crippen molar-refractivity contribution >= 4 is 15.7 Å². The van der Waals surface area contributed by atoms with Crippen LogP contribution >= 0.6 is 0 Å². The van der Waals surface area contributed by atoms with Crippen LogP contribution in [0.3, 0.4) is 0 Å². The fraction of sp³-hybridized carbons (Fsp3) is 0.474. The predicted octanol–water partition coefficient (Wildman–Crippen LogP) is 3.50. The standard InChI is InChI=1S/C19H22F3N3O3S/c1-12-7-8-28-17(15-10-24-16(11-23-15)25(2)3)18(12)29(26,27)14-6-4-5-13(9-14)19(20,21)22/h4-6,9-12,17-18H,7-8H2,1-3H3. The summed E-state index contributed by atoms with van der Waals surface area (Å²) in [6, 6.07) is 3.81. The van der Waals surface area contributed by atoms with Gasteiger partial charge in [0.1, 0.15) is 17.2 Å². The lowest BCUT2D eigenvalue weighted by Crippen LogP contribution is -2.40. The number of alkyl halides is 3. The number of hydrogen-bond acceptors (Lipinski definition) is 6. The Morgan fingerprint density at radius 3 is 2.48 bits per heavy atom. The third kappa shape index (κ3) is 4.37. The Labute approximate surface area is 167 Å². The van der Waals surface area contributed by atoms with Gasteiger partial charge in [-0.05, 0) is 30.5 Å². The van der Waals surface area contributed by atoms with Crippen LogP contribution in [-0.4, -0.2) is 44.3 Å². The van der Waals surface area contributed by atoms with Gasteiger partial charge in [-0.1, -0.05) is 13.0 Å². The molecule has 1 saturated heterocycles. The van der Waals surface area contributed by atoms with Crippen molar-refractivity contribution in [1.82, 2.24) is 9.97 Å². The number of ether oxygens (including phenoxy) is 1. The van der Waals surface area contributed by atoms with Gasteiger partial charge in [0.2, 0.25) is 0 Å². The van der Waals surface area contributed by atoms with Crippen molar-refractivity contribution in [2.24, 2.45) is 5.92 Å². The molecule has 0 N–H and O–H groups in total. The van der Waals surface area contributed by atoms with Gasteiger partial charge in [-0.25, -0.2) is 13.4 Å². The monoisotopic (exact) mass is 429 g/mol. The van der Waals surface area contributed by atoms with Crippen LogP contribution in [0.1, 0.15) is 30.7 Å². The maximum Gasteiger partial charge on any atom is 0.416 e. The molecule has 3 rings (SSSR count). The van der Waals surface area contributed by atoms with E-state index in [-0.39, 0.29) is 10.8 Å². The molecule has 0 aliphatic carbocycles. The molecule has 2 heterocycles. The quantitative estimate of drug-likeness (QED) is 0.741. The summed E-state index contributed by atoms with van der Waals surface area (Å²) in [5.74, 6) is 0.263. The molecule has 0 radical (unpaired) electrons. The second-order valence-electron chi connectivity index (χ2n) is 7.29. The Kier molecular flexibility index (Phi) is 5.86. The lowest BCUT2D eigenvalue weighted by atomic mass is 9.95. The van der Waals surface area contributed by atoms with Crippen molar-refractivity contribution in [1.29, 1.82) is 0 Å². The van der Waals surface area contributed by atoms with Gasteiger partial charge in [0.05, 0.1) is 28.5 Å². The first-order chi connectivity index (χ1) is 13.5. The zero-order valence-corrected chi connectivity index (χ0v) is 17.0. The van der Waals surface area contributed by atoms with Crippen molar-refractivity contribution in [3.63, 3.8) is 0 Å². The van der Waals surface area contributed by atoms with Gasteiger partial charge in [0.25, 0.3) is 0 Å². The van der Waals surface area contributed by atoms with Gasteiger partial charge in [-0.3, -0.25) is 4.98 Å². The average Bonchev–Trinajstić information content (AvgIpc) is 2.67. The van der Waals surface area contributed by atoms with E-state index in [4.69, 9.17) is 4.74 Å². The van der Waals surface area contributed by atoms with Gasteiger partial charge < -0.3 is 9.64 Å². The summed E-state index contributed by atoms with van der Waals surface area (Å²) < 4.78 is 71.6. The number of anilines is 1. The lowest BCUT2D eigenvalue weighted by Gasteiger charge is -2.35. The summed E-state index contributed by atoms with van der Waals surface area (Å²) in [4.78, 5) is 9.92. The average molecular weight is 429 g/mol.